The lowest BCUT2D eigenvalue weighted by atomic mass is 10.0. The Morgan fingerprint density at radius 1 is 0.810 bits per heavy atom. The van der Waals surface area contributed by atoms with Crippen LogP contribution in [-0.4, -0.2) is 63.3 Å². The quantitative estimate of drug-likeness (QED) is 0.109. The lowest BCUT2D eigenvalue weighted by Crippen LogP contribution is -2.14. The molecule has 9 nitrogen and oxygen atoms in total. The van der Waals surface area contributed by atoms with E-state index < -0.39 is 16.1 Å². The molecule has 5 aromatic rings. The first-order valence-corrected chi connectivity index (χ1v) is 14.7. The molecule has 0 fully saturated rings. The Morgan fingerprint density at radius 2 is 1.52 bits per heavy atom. The summed E-state index contributed by atoms with van der Waals surface area (Å²) in [4.78, 5) is 10.6. The number of pyridine rings is 2. The molecule has 0 atom stereocenters. The van der Waals surface area contributed by atoms with E-state index in [-0.39, 0.29) is 31.3 Å². The van der Waals surface area contributed by atoms with Crippen molar-refractivity contribution in [1.82, 2.24) is 14.4 Å². The number of aromatic nitrogens is 3. The number of imidazole rings is 1. The van der Waals surface area contributed by atoms with Crippen LogP contribution in [-0.2, 0) is 19.0 Å². The van der Waals surface area contributed by atoms with E-state index in [1.807, 2.05) is 74.2 Å². The first kappa shape index (κ1) is 29.2. The van der Waals surface area contributed by atoms with E-state index in [1.54, 1.807) is 29.2 Å². The summed E-state index contributed by atoms with van der Waals surface area (Å²) in [5.74, 6) is 0.678. The van der Waals surface area contributed by atoms with Gasteiger partial charge in [0, 0.05) is 31.4 Å². The molecule has 42 heavy (non-hydrogen) atoms. The third-order valence-electron chi connectivity index (χ3n) is 6.48. The Hall–Kier alpha value is -4.32. The van der Waals surface area contributed by atoms with Gasteiger partial charge in [-0.25, -0.2) is 9.97 Å². The SMILES string of the molecule is Cc1ccc(S(=O)(=O)OCCOCCOc2ccc3nc(-c4ccc(-c5ccc(N(C)C)nc5F)cc4)cn3c2)cc1. The van der Waals surface area contributed by atoms with Crippen LogP contribution in [0.3, 0.4) is 0 Å². The molecule has 0 aliphatic heterocycles. The van der Waals surface area contributed by atoms with Gasteiger partial charge in [0.25, 0.3) is 10.1 Å². The molecule has 3 aromatic heterocycles. The number of nitrogens with zero attached hydrogens (tertiary/aromatic N) is 4. The number of aryl methyl sites for hydroxylation is 1. The van der Waals surface area contributed by atoms with Gasteiger partial charge in [-0.1, -0.05) is 42.0 Å². The number of anilines is 1. The molecule has 5 rings (SSSR count). The number of halogens is 1. The summed E-state index contributed by atoms with van der Waals surface area (Å²) in [6, 6.07) is 21.2. The first-order chi connectivity index (χ1) is 20.2. The molecule has 0 saturated carbocycles. The van der Waals surface area contributed by atoms with Crippen LogP contribution < -0.4 is 9.64 Å². The Labute approximate surface area is 244 Å². The number of benzene rings is 2. The predicted molar refractivity (Wildman–Crippen MR) is 159 cm³/mol. The Morgan fingerprint density at radius 3 is 2.24 bits per heavy atom. The van der Waals surface area contributed by atoms with E-state index in [4.69, 9.17) is 13.7 Å². The molecule has 0 aliphatic rings. The van der Waals surface area contributed by atoms with Gasteiger partial charge in [0.2, 0.25) is 5.95 Å². The van der Waals surface area contributed by atoms with Crippen LogP contribution in [0.2, 0.25) is 0 Å². The highest BCUT2D eigenvalue weighted by Gasteiger charge is 2.14. The zero-order valence-corrected chi connectivity index (χ0v) is 24.3. The van der Waals surface area contributed by atoms with Crippen molar-refractivity contribution in [3.8, 4) is 28.1 Å². The third-order valence-corrected chi connectivity index (χ3v) is 7.81. The van der Waals surface area contributed by atoms with Gasteiger partial charge < -0.3 is 18.8 Å². The maximum Gasteiger partial charge on any atom is 0.297 e. The van der Waals surface area contributed by atoms with Crippen molar-refractivity contribution < 1.29 is 26.5 Å². The van der Waals surface area contributed by atoms with Crippen molar-refractivity contribution in [2.75, 3.05) is 45.4 Å². The average Bonchev–Trinajstić information content (AvgIpc) is 3.40. The highest BCUT2D eigenvalue weighted by Crippen LogP contribution is 2.27. The average molecular weight is 591 g/mol. The monoisotopic (exact) mass is 590 g/mol. The van der Waals surface area contributed by atoms with Crippen LogP contribution >= 0.6 is 0 Å². The molecule has 11 heteroatoms. The molecule has 0 spiro atoms. The zero-order valence-electron chi connectivity index (χ0n) is 23.5. The van der Waals surface area contributed by atoms with Gasteiger partial charge in [0.1, 0.15) is 23.8 Å². The summed E-state index contributed by atoms with van der Waals surface area (Å²) in [5, 5.41) is 0. The minimum Gasteiger partial charge on any atom is -0.490 e. The van der Waals surface area contributed by atoms with Crippen molar-refractivity contribution >= 4 is 21.6 Å². The van der Waals surface area contributed by atoms with Crippen molar-refractivity contribution in [1.29, 1.82) is 0 Å². The van der Waals surface area contributed by atoms with Crippen molar-refractivity contribution in [3.05, 3.63) is 96.7 Å². The largest absolute Gasteiger partial charge is 0.490 e. The number of ether oxygens (including phenoxy) is 2. The van der Waals surface area contributed by atoms with Gasteiger partial charge in [0.15, 0.2) is 0 Å². The summed E-state index contributed by atoms with van der Waals surface area (Å²) < 4.78 is 57.1. The third kappa shape index (κ3) is 6.93. The summed E-state index contributed by atoms with van der Waals surface area (Å²) in [5.41, 5.74) is 4.55. The van der Waals surface area contributed by atoms with E-state index >= 15 is 0 Å². The van der Waals surface area contributed by atoms with Gasteiger partial charge >= 0.3 is 0 Å². The van der Waals surface area contributed by atoms with E-state index in [9.17, 15) is 12.8 Å². The summed E-state index contributed by atoms with van der Waals surface area (Å²) >= 11 is 0. The van der Waals surface area contributed by atoms with Crippen molar-refractivity contribution in [2.24, 2.45) is 0 Å². The number of fused-ring (bicyclic) bond motifs is 1. The van der Waals surface area contributed by atoms with Crippen LogP contribution in [0.25, 0.3) is 28.0 Å². The summed E-state index contributed by atoms with van der Waals surface area (Å²) in [6.45, 7) is 2.45. The van der Waals surface area contributed by atoms with Gasteiger partial charge in [-0.2, -0.15) is 12.8 Å². The van der Waals surface area contributed by atoms with E-state index in [0.717, 1.165) is 28.0 Å². The fourth-order valence-electron chi connectivity index (χ4n) is 4.20. The fraction of sp³-hybridized carbons (Fsp3) is 0.226. The first-order valence-electron chi connectivity index (χ1n) is 13.3. The zero-order chi connectivity index (χ0) is 29.7. The van der Waals surface area contributed by atoms with Crippen molar-refractivity contribution in [3.63, 3.8) is 0 Å². The van der Waals surface area contributed by atoms with Gasteiger partial charge in [0.05, 0.1) is 36.6 Å². The van der Waals surface area contributed by atoms with Gasteiger partial charge in [-0.05, 0) is 48.9 Å². The topological polar surface area (TPSA) is 95.3 Å². The Kier molecular flexibility index (Phi) is 8.81. The van der Waals surface area contributed by atoms with E-state index in [2.05, 4.69) is 9.97 Å². The minimum absolute atomic E-state index is 0.0878. The van der Waals surface area contributed by atoms with Gasteiger partial charge in [-0.3, -0.25) is 4.18 Å². The lowest BCUT2D eigenvalue weighted by molar-refractivity contribution is 0.0778. The lowest BCUT2D eigenvalue weighted by Gasteiger charge is -2.12. The maximum atomic E-state index is 14.6. The summed E-state index contributed by atoms with van der Waals surface area (Å²) in [7, 11) is -0.175. The molecule has 0 amide bonds. The van der Waals surface area contributed by atoms with E-state index in [0.29, 0.717) is 17.1 Å². The number of rotatable bonds is 12. The molecule has 0 radical (unpaired) electrons. The normalized spacial score (nSPS) is 11.6. The molecule has 0 unspecified atom stereocenters. The molecule has 0 bridgehead atoms. The molecule has 218 valence electrons. The second-order valence-electron chi connectivity index (χ2n) is 9.79. The molecule has 0 aliphatic carbocycles. The standard InChI is InChI=1S/C31H31FN4O5S/c1-22-4-11-26(12-5-22)42(37,38)41-19-17-39-16-18-40-25-10-14-30-33-28(21-36(30)20-25)24-8-6-23(7-9-24)27-13-15-29(35(2)3)34-31(27)32/h4-15,20-21H,16-19H2,1-3H3. The van der Waals surface area contributed by atoms with Crippen LogP contribution in [0.4, 0.5) is 10.2 Å². The molecular weight excluding hydrogens is 559 g/mol. The molecular formula is C31H31FN4O5S. The Bertz CT molecular complexity index is 1770. The van der Waals surface area contributed by atoms with Crippen LogP contribution in [0.5, 0.6) is 5.75 Å². The Balaban J connectivity index is 1.12. The second-order valence-corrected chi connectivity index (χ2v) is 11.4. The minimum atomic E-state index is -3.81. The highest BCUT2D eigenvalue weighted by atomic mass is 32.2. The van der Waals surface area contributed by atoms with Gasteiger partial charge in [-0.15, -0.1) is 0 Å². The van der Waals surface area contributed by atoms with Crippen molar-refractivity contribution in [2.45, 2.75) is 11.8 Å². The smallest absolute Gasteiger partial charge is 0.297 e. The molecule has 0 saturated heterocycles. The van der Waals surface area contributed by atoms with Crippen LogP contribution in [0, 0.1) is 12.9 Å². The molecule has 0 N–H and O–H groups in total. The van der Waals surface area contributed by atoms with E-state index in [1.165, 1.54) is 12.1 Å². The number of hydrogen-bond donors (Lipinski definition) is 0. The van der Waals surface area contributed by atoms with Crippen LogP contribution in [0.15, 0.2) is 90.1 Å². The fourth-order valence-corrected chi connectivity index (χ4v) is 5.09. The summed E-state index contributed by atoms with van der Waals surface area (Å²) in [6.07, 6.45) is 3.72. The maximum absolute atomic E-state index is 14.6. The second kappa shape index (κ2) is 12.7. The number of hydrogen-bond acceptors (Lipinski definition) is 8. The molecule has 3 heterocycles. The molecule has 2 aromatic carbocycles. The van der Waals surface area contributed by atoms with Crippen LogP contribution in [0.1, 0.15) is 5.56 Å². The predicted octanol–water partition coefficient (Wildman–Crippen LogP) is 5.38. The highest BCUT2D eigenvalue weighted by molar-refractivity contribution is 7.86.